The van der Waals surface area contributed by atoms with Crippen molar-refractivity contribution < 1.29 is 0 Å². The quantitative estimate of drug-likeness (QED) is 0.393. The van der Waals surface area contributed by atoms with Crippen LogP contribution < -0.4 is 0 Å². The molecule has 0 aromatic carbocycles. The molecule has 0 aromatic rings. The van der Waals surface area contributed by atoms with Crippen molar-refractivity contribution in [1.29, 1.82) is 10.8 Å². The predicted molar refractivity (Wildman–Crippen MR) is 27.0 cm³/mol. The summed E-state index contributed by atoms with van der Waals surface area (Å²) < 4.78 is 3.75. The van der Waals surface area contributed by atoms with E-state index >= 15 is 0 Å². The maximum atomic E-state index is 5.90. The Bertz CT molecular complexity index is 63.5. The summed E-state index contributed by atoms with van der Waals surface area (Å²) in [7, 11) is 0. The summed E-state index contributed by atoms with van der Waals surface area (Å²) in [6.45, 7) is 0. The molecular weight excluding hydrogens is 210 g/mol. The van der Waals surface area contributed by atoms with Gasteiger partial charge in [-0.3, -0.25) is 0 Å². The van der Waals surface area contributed by atoms with E-state index in [4.69, 9.17) is 10.8 Å². The molecule has 0 bridgehead atoms. The predicted octanol–water partition coefficient (Wildman–Crippen LogP) is -0.722. The van der Waals surface area contributed by atoms with Crippen LogP contribution in [0.2, 0.25) is 0 Å². The van der Waals surface area contributed by atoms with Gasteiger partial charge in [0.2, 0.25) is 0 Å². The molecule has 0 amide bonds. The molecule has 0 rings (SSSR count). The maximum absolute atomic E-state index is 5.90. The fraction of sp³-hybridized carbons (Fsp3) is 0. The molecule has 4 heteroatoms. The van der Waals surface area contributed by atoms with Crippen LogP contribution in [0.5, 0.6) is 0 Å². The molecule has 6 heavy (non-hydrogen) atoms. The topological polar surface area (TPSA) is 47.7 Å². The van der Waals surface area contributed by atoms with Gasteiger partial charge in [0.05, 0.1) is 0 Å². The summed E-state index contributed by atoms with van der Waals surface area (Å²) in [5, 5.41) is 11.8. The molecule has 2 nitrogen and oxygen atoms in total. The van der Waals surface area contributed by atoms with Crippen LogP contribution in [0.4, 0.5) is 0 Å². The van der Waals surface area contributed by atoms with Crippen molar-refractivity contribution >= 4 is 40.6 Å². The van der Waals surface area contributed by atoms with Crippen LogP contribution in [0.25, 0.3) is 0 Å². The Morgan fingerprint density at radius 3 is 1.00 bits per heavy atom. The van der Waals surface area contributed by atoms with Crippen LogP contribution in [0.15, 0.2) is 0 Å². The second-order valence-electron chi connectivity index (χ2n) is 0.204. The van der Waals surface area contributed by atoms with Crippen molar-refractivity contribution in [2.24, 2.45) is 0 Å². The molecule has 0 atom stereocenters. The standard InChI is InChI=1S/2CHNSe/c2*2-1-3/h2*2H. The molecule has 0 spiro atoms. The monoisotopic (exact) mass is 214 g/mol. The van der Waals surface area contributed by atoms with E-state index in [0.717, 1.165) is 0 Å². The number of rotatable bonds is 0. The van der Waals surface area contributed by atoms with E-state index < -0.39 is 0 Å². The molecule has 0 saturated heterocycles. The first-order valence-electron chi connectivity index (χ1n) is 0.908. The average molecular weight is 212 g/mol. The zero-order chi connectivity index (χ0) is 5.41. The van der Waals surface area contributed by atoms with Gasteiger partial charge in [0, 0.05) is 0 Å². The van der Waals surface area contributed by atoms with Crippen LogP contribution in [-0.4, -0.2) is 40.6 Å². The number of nitrogens with one attached hydrogen (secondary N) is 2. The van der Waals surface area contributed by atoms with Gasteiger partial charge in [0.15, 0.2) is 0 Å². The summed E-state index contributed by atoms with van der Waals surface area (Å²) >= 11 is 4.44. The van der Waals surface area contributed by atoms with Gasteiger partial charge < -0.3 is 0 Å². The van der Waals surface area contributed by atoms with E-state index in [1.54, 1.807) is 0 Å². The van der Waals surface area contributed by atoms with Gasteiger partial charge in [-0.2, -0.15) is 0 Å². The van der Waals surface area contributed by atoms with E-state index in [-0.39, 0.29) is 0 Å². The Hall–Kier alpha value is 0.199. The molecule has 0 aliphatic heterocycles. The Balaban J connectivity index is 0. The summed E-state index contributed by atoms with van der Waals surface area (Å²) in [5.41, 5.74) is 0. The first kappa shape index (κ1) is 9.50. The third kappa shape index (κ3) is 1090. The molecule has 0 radical (unpaired) electrons. The Kier molecular flexibility index (Phi) is 30.0. The van der Waals surface area contributed by atoms with E-state index in [0.29, 0.717) is 0 Å². The van der Waals surface area contributed by atoms with Crippen LogP contribution in [-0.2, 0) is 0 Å². The summed E-state index contributed by atoms with van der Waals surface area (Å²) in [5.74, 6) is 0. The minimum absolute atomic E-state index is 1.88. The summed E-state index contributed by atoms with van der Waals surface area (Å²) in [4.78, 5) is 0. The fourth-order valence-electron chi connectivity index (χ4n) is 0. The van der Waals surface area contributed by atoms with Gasteiger partial charge in [0.25, 0.3) is 0 Å². The van der Waals surface area contributed by atoms with Gasteiger partial charge >= 0.3 is 51.4 Å². The van der Waals surface area contributed by atoms with Crippen LogP contribution in [0.1, 0.15) is 0 Å². The van der Waals surface area contributed by atoms with Gasteiger partial charge in [-0.1, -0.05) is 0 Å². The van der Waals surface area contributed by atoms with E-state index in [2.05, 4.69) is 31.2 Å². The zero-order valence-corrected chi connectivity index (χ0v) is 6.24. The van der Waals surface area contributed by atoms with Crippen LogP contribution >= 0.6 is 0 Å². The molecular formula is C2H2N2Se2. The molecule has 0 fully saturated rings. The summed E-state index contributed by atoms with van der Waals surface area (Å²) in [6.07, 6.45) is 0. The molecule has 0 saturated carbocycles. The van der Waals surface area contributed by atoms with E-state index in [9.17, 15) is 0 Å². The Labute approximate surface area is 51.7 Å². The Morgan fingerprint density at radius 2 is 1.00 bits per heavy atom. The average Bonchev–Trinajstić information content (AvgIpc) is 1.39. The number of hydrogen-bond donors (Lipinski definition) is 2. The molecule has 32 valence electrons. The first-order valence-corrected chi connectivity index (χ1v) is 2.62. The van der Waals surface area contributed by atoms with Crippen molar-refractivity contribution in [2.75, 3.05) is 0 Å². The normalized spacial score (nSPS) is 2.67. The van der Waals surface area contributed by atoms with E-state index in [1.165, 1.54) is 0 Å². The van der Waals surface area contributed by atoms with Gasteiger partial charge in [-0.15, -0.1) is 0 Å². The van der Waals surface area contributed by atoms with Crippen LogP contribution in [0, 0.1) is 10.8 Å². The van der Waals surface area contributed by atoms with Gasteiger partial charge in [-0.25, -0.2) is 0 Å². The van der Waals surface area contributed by atoms with Crippen molar-refractivity contribution in [3.63, 3.8) is 0 Å². The molecule has 0 aromatic heterocycles. The zero-order valence-electron chi connectivity index (χ0n) is 2.82. The minimum atomic E-state index is 1.88. The molecule has 0 aliphatic carbocycles. The Morgan fingerprint density at radius 1 is 1.00 bits per heavy atom. The van der Waals surface area contributed by atoms with E-state index in [1.807, 2.05) is 9.43 Å². The van der Waals surface area contributed by atoms with Crippen molar-refractivity contribution in [3.8, 4) is 0 Å². The van der Waals surface area contributed by atoms with Crippen molar-refractivity contribution in [3.05, 3.63) is 0 Å². The first-order chi connectivity index (χ1) is 2.83. The van der Waals surface area contributed by atoms with Gasteiger partial charge in [0.1, 0.15) is 0 Å². The molecule has 0 aliphatic rings. The molecule has 2 N–H and O–H groups in total. The van der Waals surface area contributed by atoms with Crippen molar-refractivity contribution in [1.82, 2.24) is 0 Å². The van der Waals surface area contributed by atoms with Crippen molar-refractivity contribution in [2.45, 2.75) is 0 Å². The third-order valence-electron chi connectivity index (χ3n) is 0. The number of hydrogen-bond acceptors (Lipinski definition) is 2. The van der Waals surface area contributed by atoms with Gasteiger partial charge in [-0.05, 0) is 0 Å². The molecule has 0 heterocycles. The second-order valence-corrected chi connectivity index (χ2v) is 1.06. The summed E-state index contributed by atoms with van der Waals surface area (Å²) in [6, 6.07) is 0. The second kappa shape index (κ2) is 19.0. The third-order valence-corrected chi connectivity index (χ3v) is 0. The van der Waals surface area contributed by atoms with Crippen LogP contribution in [0.3, 0.4) is 0 Å². The molecule has 0 unspecified atom stereocenters. The SMILES string of the molecule is N=C=[Se].N=C=[Se]. The fourth-order valence-corrected chi connectivity index (χ4v) is 0.